The summed E-state index contributed by atoms with van der Waals surface area (Å²) in [5.41, 5.74) is 0. The Labute approximate surface area is 411 Å². The number of carbonyl (C=O) groups is 3. The number of hydrogen-bond acceptors (Lipinski definition) is 6. The third-order valence-electron chi connectivity index (χ3n) is 13.5. The third-order valence-corrected chi connectivity index (χ3v) is 13.5. The number of carbonyl (C=O) groups excluding carboxylic acids is 3. The first-order valence-corrected chi connectivity index (χ1v) is 29.7. The molecule has 0 N–H and O–H groups in total. The molecule has 1 atom stereocenters. The van der Waals surface area contributed by atoms with E-state index in [4.69, 9.17) is 14.2 Å². The molecule has 0 fully saturated rings. The molecular formula is C60H114O6. The number of esters is 3. The van der Waals surface area contributed by atoms with Crippen LogP contribution in [0.25, 0.3) is 0 Å². The highest BCUT2D eigenvalue weighted by molar-refractivity contribution is 5.71. The molecule has 0 bridgehead atoms. The van der Waals surface area contributed by atoms with Crippen LogP contribution in [-0.2, 0) is 28.6 Å². The zero-order valence-electron chi connectivity index (χ0n) is 44.7. The van der Waals surface area contributed by atoms with E-state index in [9.17, 15) is 14.4 Å². The molecule has 0 rings (SSSR count). The molecule has 66 heavy (non-hydrogen) atoms. The Hall–Kier alpha value is -1.85. The summed E-state index contributed by atoms with van der Waals surface area (Å²) in [5.74, 6) is -0.843. The molecule has 0 saturated carbocycles. The van der Waals surface area contributed by atoms with E-state index in [-0.39, 0.29) is 31.1 Å². The number of hydrogen-bond donors (Lipinski definition) is 0. The topological polar surface area (TPSA) is 78.9 Å². The molecule has 6 nitrogen and oxygen atoms in total. The third kappa shape index (κ3) is 53.1. The van der Waals surface area contributed by atoms with Crippen LogP contribution in [0.4, 0.5) is 0 Å². The van der Waals surface area contributed by atoms with Crippen molar-refractivity contribution in [2.45, 2.75) is 341 Å². The molecule has 0 aliphatic rings. The summed E-state index contributed by atoms with van der Waals surface area (Å²) in [4.78, 5) is 38.2. The molecule has 0 aliphatic carbocycles. The Morgan fingerprint density at radius 2 is 0.500 bits per heavy atom. The van der Waals surface area contributed by atoms with Crippen molar-refractivity contribution in [2.75, 3.05) is 13.2 Å². The van der Waals surface area contributed by atoms with Crippen molar-refractivity contribution in [3.63, 3.8) is 0 Å². The van der Waals surface area contributed by atoms with Gasteiger partial charge in [0.15, 0.2) is 6.10 Å². The zero-order valence-corrected chi connectivity index (χ0v) is 44.7. The standard InChI is InChI=1S/C60H114O6/c1-4-7-10-13-16-19-22-25-28-30-32-35-38-41-44-47-50-53-59(62)65-56-57(55-64-58(61)52-49-46-43-40-37-34-27-24-21-18-15-12-9-6-3)66-60(63)54-51-48-45-42-39-36-33-31-29-26-23-20-17-14-11-8-5-2/h25,28,57H,4-24,26-27,29-56H2,1-3H3/b28-25+/t57-/m1/s1. The second-order valence-corrected chi connectivity index (χ2v) is 20.3. The van der Waals surface area contributed by atoms with E-state index < -0.39 is 6.10 Å². The summed E-state index contributed by atoms with van der Waals surface area (Å²) in [5, 5.41) is 0. The van der Waals surface area contributed by atoms with Crippen LogP contribution in [0.3, 0.4) is 0 Å². The SMILES string of the molecule is CCCCCCCC/C=C/CCCCCCCCCC(=O)OC[C@@H](COC(=O)CCCCCCCCCCCCCCCC)OC(=O)CCCCCCCCCCCCCCCCCCC. The highest BCUT2D eigenvalue weighted by Crippen LogP contribution is 2.17. The highest BCUT2D eigenvalue weighted by atomic mass is 16.6. The van der Waals surface area contributed by atoms with E-state index in [1.165, 1.54) is 238 Å². The lowest BCUT2D eigenvalue weighted by atomic mass is 10.0. The van der Waals surface area contributed by atoms with Crippen molar-refractivity contribution in [3.05, 3.63) is 12.2 Å². The molecule has 0 aromatic carbocycles. The Bertz CT molecular complexity index is 1020. The fraction of sp³-hybridized carbons (Fsp3) is 0.917. The van der Waals surface area contributed by atoms with Crippen molar-refractivity contribution >= 4 is 17.9 Å². The molecule has 0 saturated heterocycles. The van der Waals surface area contributed by atoms with Gasteiger partial charge in [0.25, 0.3) is 0 Å². The quantitative estimate of drug-likeness (QED) is 0.0262. The van der Waals surface area contributed by atoms with Crippen molar-refractivity contribution in [1.29, 1.82) is 0 Å². The summed E-state index contributed by atoms with van der Waals surface area (Å²) in [7, 11) is 0. The van der Waals surface area contributed by atoms with Crippen molar-refractivity contribution in [3.8, 4) is 0 Å². The van der Waals surface area contributed by atoms with E-state index in [1.807, 2.05) is 0 Å². The molecule has 390 valence electrons. The van der Waals surface area contributed by atoms with Gasteiger partial charge in [0.1, 0.15) is 13.2 Å². The Morgan fingerprint density at radius 3 is 0.758 bits per heavy atom. The maximum absolute atomic E-state index is 12.9. The molecule has 0 aromatic rings. The summed E-state index contributed by atoms with van der Waals surface area (Å²) >= 11 is 0. The van der Waals surface area contributed by atoms with Gasteiger partial charge < -0.3 is 14.2 Å². The molecule has 0 heterocycles. The predicted molar refractivity (Wildman–Crippen MR) is 284 cm³/mol. The van der Waals surface area contributed by atoms with Crippen LogP contribution in [0.2, 0.25) is 0 Å². The van der Waals surface area contributed by atoms with Gasteiger partial charge in [-0.25, -0.2) is 0 Å². The van der Waals surface area contributed by atoms with Crippen LogP contribution < -0.4 is 0 Å². The van der Waals surface area contributed by atoms with E-state index >= 15 is 0 Å². The smallest absolute Gasteiger partial charge is 0.306 e. The maximum atomic E-state index is 12.9. The minimum atomic E-state index is -0.766. The normalized spacial score (nSPS) is 12.0. The van der Waals surface area contributed by atoms with E-state index in [0.717, 1.165) is 57.8 Å². The van der Waals surface area contributed by atoms with Gasteiger partial charge in [-0.1, -0.05) is 283 Å². The first kappa shape index (κ1) is 64.2. The zero-order chi connectivity index (χ0) is 47.9. The van der Waals surface area contributed by atoms with Crippen molar-refractivity contribution in [1.82, 2.24) is 0 Å². The van der Waals surface area contributed by atoms with Gasteiger partial charge in [-0.05, 0) is 44.9 Å². The second-order valence-electron chi connectivity index (χ2n) is 20.3. The Balaban J connectivity index is 4.31. The molecule has 0 aliphatic heterocycles. The summed E-state index contributed by atoms with van der Waals surface area (Å²) < 4.78 is 16.9. The highest BCUT2D eigenvalue weighted by Gasteiger charge is 2.19. The molecule has 0 aromatic heterocycles. The second kappa shape index (κ2) is 55.7. The lowest BCUT2D eigenvalue weighted by Gasteiger charge is -2.18. The van der Waals surface area contributed by atoms with Gasteiger partial charge in [0.05, 0.1) is 0 Å². The maximum Gasteiger partial charge on any atom is 0.306 e. The lowest BCUT2D eigenvalue weighted by molar-refractivity contribution is -0.167. The average Bonchev–Trinajstić information content (AvgIpc) is 3.31. The van der Waals surface area contributed by atoms with Crippen LogP contribution in [0.1, 0.15) is 335 Å². The van der Waals surface area contributed by atoms with Gasteiger partial charge in [-0.3, -0.25) is 14.4 Å². The summed E-state index contributed by atoms with van der Waals surface area (Å²) in [6.07, 6.45) is 63.4. The van der Waals surface area contributed by atoms with Crippen LogP contribution in [0.5, 0.6) is 0 Å². The van der Waals surface area contributed by atoms with Crippen molar-refractivity contribution < 1.29 is 28.6 Å². The molecule has 0 amide bonds. The Kier molecular flexibility index (Phi) is 54.2. The molecule has 6 heteroatoms. The number of unbranched alkanes of at least 4 members (excludes halogenated alkanes) is 42. The monoisotopic (exact) mass is 931 g/mol. The molecule has 0 unspecified atom stereocenters. The van der Waals surface area contributed by atoms with Gasteiger partial charge in [0.2, 0.25) is 0 Å². The van der Waals surface area contributed by atoms with Gasteiger partial charge in [-0.2, -0.15) is 0 Å². The van der Waals surface area contributed by atoms with E-state index in [0.29, 0.717) is 19.3 Å². The average molecular weight is 932 g/mol. The molecule has 0 radical (unpaired) electrons. The van der Waals surface area contributed by atoms with Crippen LogP contribution >= 0.6 is 0 Å². The Morgan fingerprint density at radius 1 is 0.288 bits per heavy atom. The number of ether oxygens (including phenoxy) is 3. The summed E-state index contributed by atoms with van der Waals surface area (Å²) in [6, 6.07) is 0. The van der Waals surface area contributed by atoms with Gasteiger partial charge in [0, 0.05) is 19.3 Å². The van der Waals surface area contributed by atoms with Crippen molar-refractivity contribution in [2.24, 2.45) is 0 Å². The van der Waals surface area contributed by atoms with E-state index in [2.05, 4.69) is 32.9 Å². The van der Waals surface area contributed by atoms with Gasteiger partial charge in [-0.15, -0.1) is 0 Å². The minimum absolute atomic E-state index is 0.0651. The van der Waals surface area contributed by atoms with Gasteiger partial charge >= 0.3 is 17.9 Å². The number of rotatable bonds is 55. The van der Waals surface area contributed by atoms with Crippen LogP contribution in [0.15, 0.2) is 12.2 Å². The lowest BCUT2D eigenvalue weighted by Crippen LogP contribution is -2.30. The fourth-order valence-corrected chi connectivity index (χ4v) is 9.03. The minimum Gasteiger partial charge on any atom is -0.462 e. The molecule has 0 spiro atoms. The summed E-state index contributed by atoms with van der Waals surface area (Å²) in [6.45, 7) is 6.69. The first-order valence-electron chi connectivity index (χ1n) is 29.7. The van der Waals surface area contributed by atoms with E-state index in [1.54, 1.807) is 0 Å². The predicted octanol–water partition coefficient (Wildman–Crippen LogP) is 19.7. The first-order chi connectivity index (χ1) is 32.5. The number of allylic oxidation sites excluding steroid dienone is 2. The fourth-order valence-electron chi connectivity index (χ4n) is 9.03. The molecular weight excluding hydrogens is 817 g/mol. The largest absolute Gasteiger partial charge is 0.462 e. The van der Waals surface area contributed by atoms with Crippen LogP contribution in [-0.4, -0.2) is 37.2 Å². The van der Waals surface area contributed by atoms with Crippen LogP contribution in [0, 0.1) is 0 Å².